The highest BCUT2D eigenvalue weighted by molar-refractivity contribution is 5.43. The second-order valence-electron chi connectivity index (χ2n) is 6.60. The van der Waals surface area contributed by atoms with Crippen LogP contribution in [0, 0.1) is 0 Å². The number of hydrogen-bond donors (Lipinski definition) is 0. The minimum Gasteiger partial charge on any atom is -0.481 e. The average molecular weight is 342 g/mol. The third-order valence-corrected chi connectivity index (χ3v) is 5.08. The maximum Gasteiger partial charge on any atom is 0.225 e. The molecule has 0 N–H and O–H groups in total. The Morgan fingerprint density at radius 1 is 1.28 bits per heavy atom. The van der Waals surface area contributed by atoms with Crippen LogP contribution in [0.3, 0.4) is 0 Å². The van der Waals surface area contributed by atoms with E-state index in [2.05, 4.69) is 29.7 Å². The molecule has 0 radical (unpaired) electrons. The van der Waals surface area contributed by atoms with Gasteiger partial charge in [0.1, 0.15) is 12.1 Å². The largest absolute Gasteiger partial charge is 0.481 e. The Balaban J connectivity index is 1.44. The van der Waals surface area contributed by atoms with Crippen LogP contribution in [0.1, 0.15) is 12.8 Å². The molecule has 1 spiro atoms. The number of likely N-dealkylation sites (N-methyl/N-ethyl adjacent to an activating group) is 1. The third kappa shape index (κ3) is 3.09. The van der Waals surface area contributed by atoms with E-state index in [-0.39, 0.29) is 11.6 Å². The summed E-state index contributed by atoms with van der Waals surface area (Å²) in [6, 6.07) is 3.98. The van der Waals surface area contributed by atoms with E-state index in [4.69, 9.17) is 9.47 Å². The minimum atomic E-state index is -0.133. The lowest BCUT2D eigenvalue weighted by Gasteiger charge is -2.26. The van der Waals surface area contributed by atoms with Crippen molar-refractivity contribution in [3.63, 3.8) is 0 Å². The Bertz CT molecular complexity index is 730. The molecule has 0 bridgehead atoms. The molecule has 8 nitrogen and oxygen atoms in total. The summed E-state index contributed by atoms with van der Waals surface area (Å²) in [5.74, 6) is 2.20. The summed E-state index contributed by atoms with van der Waals surface area (Å²) < 4.78 is 11.5. The van der Waals surface area contributed by atoms with Crippen molar-refractivity contribution in [2.45, 2.75) is 24.5 Å². The number of ether oxygens (including phenoxy) is 2. The van der Waals surface area contributed by atoms with Crippen molar-refractivity contribution in [3.05, 3.63) is 30.9 Å². The third-order valence-electron chi connectivity index (χ3n) is 5.08. The van der Waals surface area contributed by atoms with Gasteiger partial charge in [0.2, 0.25) is 11.8 Å². The van der Waals surface area contributed by atoms with Gasteiger partial charge in [-0.25, -0.2) is 19.9 Å². The summed E-state index contributed by atoms with van der Waals surface area (Å²) in [6.07, 6.45) is 7.02. The van der Waals surface area contributed by atoms with Crippen LogP contribution in [-0.2, 0) is 4.74 Å². The molecule has 8 heteroatoms. The lowest BCUT2D eigenvalue weighted by atomic mass is 9.97. The highest BCUT2D eigenvalue weighted by atomic mass is 16.5. The molecule has 0 saturated carbocycles. The predicted molar refractivity (Wildman–Crippen MR) is 92.9 cm³/mol. The van der Waals surface area contributed by atoms with E-state index < -0.39 is 0 Å². The van der Waals surface area contributed by atoms with E-state index in [1.807, 2.05) is 19.2 Å². The van der Waals surface area contributed by atoms with Crippen molar-refractivity contribution >= 4 is 11.8 Å². The fourth-order valence-electron chi connectivity index (χ4n) is 3.64. The van der Waals surface area contributed by atoms with E-state index in [1.54, 1.807) is 19.5 Å². The normalized spacial score (nSPS) is 25.5. The van der Waals surface area contributed by atoms with E-state index in [0.29, 0.717) is 12.5 Å². The lowest BCUT2D eigenvalue weighted by Crippen LogP contribution is -2.37. The summed E-state index contributed by atoms with van der Waals surface area (Å²) >= 11 is 0. The van der Waals surface area contributed by atoms with Crippen LogP contribution in [0.15, 0.2) is 30.9 Å². The maximum absolute atomic E-state index is 6.25. The highest BCUT2D eigenvalue weighted by Crippen LogP contribution is 2.38. The van der Waals surface area contributed by atoms with E-state index in [0.717, 1.165) is 37.7 Å². The first-order valence-corrected chi connectivity index (χ1v) is 8.44. The lowest BCUT2D eigenvalue weighted by molar-refractivity contribution is 0.0226. The smallest absolute Gasteiger partial charge is 0.225 e. The molecule has 2 fully saturated rings. The number of methoxy groups -OCH3 is 1. The first-order valence-electron chi connectivity index (χ1n) is 8.44. The minimum absolute atomic E-state index is 0.133. The Labute approximate surface area is 146 Å². The first kappa shape index (κ1) is 16.0. The number of anilines is 2. The van der Waals surface area contributed by atoms with Crippen molar-refractivity contribution in [3.8, 4) is 5.88 Å². The molecule has 2 aliphatic rings. The van der Waals surface area contributed by atoms with Crippen LogP contribution < -0.4 is 14.5 Å². The zero-order valence-electron chi connectivity index (χ0n) is 14.5. The summed E-state index contributed by atoms with van der Waals surface area (Å²) in [7, 11) is 3.65. The molecule has 0 amide bonds. The van der Waals surface area contributed by atoms with Gasteiger partial charge in [0.25, 0.3) is 0 Å². The molecule has 2 aromatic rings. The molecule has 2 unspecified atom stereocenters. The van der Waals surface area contributed by atoms with Crippen LogP contribution in [0.25, 0.3) is 0 Å². The molecular weight excluding hydrogens is 320 g/mol. The number of hydrogen-bond acceptors (Lipinski definition) is 8. The van der Waals surface area contributed by atoms with Crippen molar-refractivity contribution in [2.24, 2.45) is 0 Å². The fraction of sp³-hybridized carbons (Fsp3) is 0.529. The van der Waals surface area contributed by atoms with Crippen LogP contribution in [0.2, 0.25) is 0 Å². The molecule has 0 aliphatic carbocycles. The van der Waals surface area contributed by atoms with Gasteiger partial charge < -0.3 is 19.3 Å². The van der Waals surface area contributed by atoms with Crippen molar-refractivity contribution in [1.82, 2.24) is 19.9 Å². The van der Waals surface area contributed by atoms with Gasteiger partial charge in [0.05, 0.1) is 25.4 Å². The Morgan fingerprint density at radius 3 is 2.92 bits per heavy atom. The summed E-state index contributed by atoms with van der Waals surface area (Å²) in [4.78, 5) is 21.5. The second-order valence-corrected chi connectivity index (χ2v) is 6.60. The quantitative estimate of drug-likeness (QED) is 0.819. The van der Waals surface area contributed by atoms with Crippen LogP contribution >= 0.6 is 0 Å². The van der Waals surface area contributed by atoms with Crippen molar-refractivity contribution in [2.75, 3.05) is 43.7 Å². The van der Waals surface area contributed by atoms with Gasteiger partial charge in [-0.2, -0.15) is 0 Å². The molecule has 4 rings (SSSR count). The highest BCUT2D eigenvalue weighted by Gasteiger charge is 2.47. The molecule has 132 valence electrons. The summed E-state index contributed by atoms with van der Waals surface area (Å²) in [6.45, 7) is 2.43. The van der Waals surface area contributed by atoms with Gasteiger partial charge in [-0.15, -0.1) is 0 Å². The number of rotatable bonds is 4. The topological polar surface area (TPSA) is 76.5 Å². The Morgan fingerprint density at radius 2 is 2.12 bits per heavy atom. The molecule has 2 atom stereocenters. The van der Waals surface area contributed by atoms with Crippen LogP contribution in [-0.4, -0.2) is 65.4 Å². The number of aromatic nitrogens is 4. The van der Waals surface area contributed by atoms with Gasteiger partial charge in [-0.3, -0.25) is 0 Å². The number of nitrogens with zero attached hydrogens (tertiary/aromatic N) is 6. The molecule has 2 saturated heterocycles. The standard InChI is InChI=1S/C17H22N6O2/c1-22(16-18-5-3-6-19-16)13-9-17(25-10-13)4-7-23(11-17)14-8-15(24-2)21-12-20-14/h3,5-6,8,12-13H,4,7,9-11H2,1-2H3. The van der Waals surface area contributed by atoms with Gasteiger partial charge in [0, 0.05) is 45.0 Å². The average Bonchev–Trinajstić information content (AvgIpc) is 3.29. The zero-order valence-corrected chi connectivity index (χ0v) is 14.5. The van der Waals surface area contributed by atoms with E-state index >= 15 is 0 Å². The van der Waals surface area contributed by atoms with Crippen LogP contribution in [0.4, 0.5) is 11.8 Å². The predicted octanol–water partition coefficient (Wildman–Crippen LogP) is 1.15. The van der Waals surface area contributed by atoms with Crippen molar-refractivity contribution < 1.29 is 9.47 Å². The van der Waals surface area contributed by atoms with Gasteiger partial charge in [-0.1, -0.05) is 0 Å². The SMILES string of the molecule is COc1cc(N2CCC3(CC(N(C)c4ncccn4)CO3)C2)ncn1. The molecule has 2 aliphatic heterocycles. The van der Waals surface area contributed by atoms with Crippen LogP contribution in [0.5, 0.6) is 5.88 Å². The second kappa shape index (κ2) is 6.44. The van der Waals surface area contributed by atoms with Gasteiger partial charge in [-0.05, 0) is 12.5 Å². The van der Waals surface area contributed by atoms with E-state index in [1.165, 1.54) is 6.33 Å². The zero-order chi connectivity index (χ0) is 17.3. The van der Waals surface area contributed by atoms with Gasteiger partial charge in [0.15, 0.2) is 0 Å². The monoisotopic (exact) mass is 342 g/mol. The summed E-state index contributed by atoms with van der Waals surface area (Å²) in [5.41, 5.74) is -0.133. The first-order chi connectivity index (χ1) is 12.2. The fourth-order valence-corrected chi connectivity index (χ4v) is 3.64. The Hall–Kier alpha value is -2.48. The molecule has 25 heavy (non-hydrogen) atoms. The Kier molecular flexibility index (Phi) is 4.12. The molecular formula is C17H22N6O2. The van der Waals surface area contributed by atoms with Crippen molar-refractivity contribution in [1.29, 1.82) is 0 Å². The maximum atomic E-state index is 6.25. The molecule has 2 aromatic heterocycles. The summed E-state index contributed by atoms with van der Waals surface area (Å²) in [5, 5.41) is 0. The van der Waals surface area contributed by atoms with Gasteiger partial charge >= 0.3 is 0 Å². The van der Waals surface area contributed by atoms with E-state index in [9.17, 15) is 0 Å². The molecule has 4 heterocycles. The molecule has 0 aromatic carbocycles.